The van der Waals surface area contributed by atoms with E-state index in [-0.39, 0.29) is 24.4 Å². The number of benzene rings is 4. The van der Waals surface area contributed by atoms with E-state index in [2.05, 4.69) is 64.1 Å². The summed E-state index contributed by atoms with van der Waals surface area (Å²) in [5, 5.41) is 4.10. The van der Waals surface area contributed by atoms with Gasteiger partial charge >= 0.3 is 0 Å². The van der Waals surface area contributed by atoms with Crippen molar-refractivity contribution in [1.82, 2.24) is 0 Å². The van der Waals surface area contributed by atoms with Crippen LogP contribution in [0.4, 0.5) is 0 Å². The van der Waals surface area contributed by atoms with Crippen LogP contribution in [0.3, 0.4) is 0 Å². The van der Waals surface area contributed by atoms with Crippen LogP contribution in [-0.4, -0.2) is 40.6 Å². The van der Waals surface area contributed by atoms with Gasteiger partial charge in [0.1, 0.15) is 23.0 Å². The van der Waals surface area contributed by atoms with E-state index < -0.39 is 0 Å². The topological polar surface area (TPSA) is 55.4 Å². The largest absolute Gasteiger partial charge is 0.496 e. The van der Waals surface area contributed by atoms with E-state index >= 15 is 0 Å². The molecule has 2 heterocycles. The number of rotatable bonds is 5. The van der Waals surface area contributed by atoms with E-state index in [0.717, 1.165) is 90.8 Å². The van der Waals surface area contributed by atoms with Gasteiger partial charge < -0.3 is 28.4 Å². The van der Waals surface area contributed by atoms with Gasteiger partial charge in [0.2, 0.25) is 0 Å². The molecular weight excluding hydrogens is 504 g/mol. The molecular formula is C34H38O6. The Morgan fingerprint density at radius 1 is 0.525 bits per heavy atom. The summed E-state index contributed by atoms with van der Waals surface area (Å²) < 4.78 is 36.4. The molecule has 0 saturated heterocycles. The number of methoxy groups -OCH3 is 4. The lowest BCUT2D eigenvalue weighted by molar-refractivity contribution is -0.00671. The van der Waals surface area contributed by atoms with Crippen molar-refractivity contribution in [1.29, 1.82) is 0 Å². The van der Waals surface area contributed by atoms with Crippen LogP contribution >= 0.6 is 0 Å². The highest BCUT2D eigenvalue weighted by molar-refractivity contribution is 6.02. The Morgan fingerprint density at radius 2 is 0.900 bits per heavy atom. The van der Waals surface area contributed by atoms with Crippen molar-refractivity contribution in [3.63, 3.8) is 0 Å². The predicted octanol–water partition coefficient (Wildman–Crippen LogP) is 7.74. The van der Waals surface area contributed by atoms with Crippen molar-refractivity contribution in [2.75, 3.05) is 28.4 Å². The lowest BCUT2D eigenvalue weighted by Gasteiger charge is -2.32. The maximum atomic E-state index is 6.17. The Hall–Kier alpha value is -3.48. The number of hydrogen-bond acceptors (Lipinski definition) is 6. The van der Waals surface area contributed by atoms with Crippen molar-refractivity contribution >= 4 is 21.5 Å². The normalized spacial score (nSPS) is 22.1. The molecule has 0 bridgehead atoms. The Balaban J connectivity index is 1.59. The van der Waals surface area contributed by atoms with Crippen LogP contribution in [-0.2, 0) is 22.3 Å². The van der Waals surface area contributed by atoms with Crippen molar-refractivity contribution in [3.8, 4) is 34.1 Å². The van der Waals surface area contributed by atoms with Gasteiger partial charge in [-0.2, -0.15) is 0 Å². The fourth-order valence-electron chi connectivity index (χ4n) is 7.03. The molecule has 2 aliphatic heterocycles. The lowest BCUT2D eigenvalue weighted by Crippen LogP contribution is -2.23. The first kappa shape index (κ1) is 26.7. The second kappa shape index (κ2) is 10.2. The Kier molecular flexibility index (Phi) is 6.79. The van der Waals surface area contributed by atoms with Gasteiger partial charge in [0, 0.05) is 56.6 Å². The maximum Gasteiger partial charge on any atom is 0.133 e. The first-order valence-electron chi connectivity index (χ1n) is 14.0. The van der Waals surface area contributed by atoms with E-state index in [4.69, 9.17) is 28.4 Å². The molecule has 0 fully saturated rings. The average molecular weight is 543 g/mol. The van der Waals surface area contributed by atoms with Gasteiger partial charge in [0.05, 0.1) is 52.9 Å². The van der Waals surface area contributed by atoms with E-state index in [1.807, 2.05) is 0 Å². The predicted molar refractivity (Wildman–Crippen MR) is 158 cm³/mol. The summed E-state index contributed by atoms with van der Waals surface area (Å²) in [5.41, 5.74) is 6.67. The number of fused-ring (bicyclic) bond motifs is 4. The zero-order chi connectivity index (χ0) is 28.3. The molecule has 0 amide bonds. The van der Waals surface area contributed by atoms with Gasteiger partial charge in [-0.1, -0.05) is 12.1 Å². The molecule has 0 unspecified atom stereocenters. The van der Waals surface area contributed by atoms with Gasteiger partial charge in [-0.25, -0.2) is 0 Å². The van der Waals surface area contributed by atoms with Crippen molar-refractivity contribution in [2.45, 2.75) is 65.0 Å². The molecule has 0 radical (unpaired) electrons. The quantitative estimate of drug-likeness (QED) is 0.257. The SMILES string of the molecule is COc1c2c(c(OC)c3ccc(-c4ccc5c(OC)c6c(c(OC)c5c4)C[C@H](C)O[C@H]6C)cc13)[C@H](C)O[C@@H](C)C2. The molecule has 4 atom stereocenters. The number of hydrogen-bond donors (Lipinski definition) is 0. The van der Waals surface area contributed by atoms with Crippen molar-refractivity contribution in [3.05, 3.63) is 58.7 Å². The van der Waals surface area contributed by atoms with Crippen LogP contribution < -0.4 is 18.9 Å². The van der Waals surface area contributed by atoms with Crippen LogP contribution in [0.1, 0.15) is 62.2 Å². The minimum atomic E-state index is -0.0728. The van der Waals surface area contributed by atoms with Gasteiger partial charge in [-0.3, -0.25) is 0 Å². The number of ether oxygens (including phenoxy) is 6. The van der Waals surface area contributed by atoms with E-state index in [1.54, 1.807) is 28.4 Å². The average Bonchev–Trinajstić information content (AvgIpc) is 2.94. The smallest absolute Gasteiger partial charge is 0.133 e. The van der Waals surface area contributed by atoms with E-state index in [0.29, 0.717) is 0 Å². The monoisotopic (exact) mass is 542 g/mol. The first-order chi connectivity index (χ1) is 19.3. The summed E-state index contributed by atoms with van der Waals surface area (Å²) in [6, 6.07) is 13.0. The maximum absolute atomic E-state index is 6.17. The molecule has 210 valence electrons. The first-order valence-corrected chi connectivity index (χ1v) is 14.0. The summed E-state index contributed by atoms with van der Waals surface area (Å²) >= 11 is 0. The Labute approximate surface area is 236 Å². The third kappa shape index (κ3) is 4.00. The van der Waals surface area contributed by atoms with Crippen molar-refractivity contribution in [2.24, 2.45) is 0 Å². The molecule has 6 nitrogen and oxygen atoms in total. The summed E-state index contributed by atoms with van der Waals surface area (Å²) in [6.07, 6.45) is 1.61. The summed E-state index contributed by atoms with van der Waals surface area (Å²) in [4.78, 5) is 0. The van der Waals surface area contributed by atoms with E-state index in [1.165, 1.54) is 0 Å². The third-order valence-corrected chi connectivity index (χ3v) is 8.52. The zero-order valence-corrected chi connectivity index (χ0v) is 24.6. The molecule has 4 aromatic carbocycles. The molecule has 4 aromatic rings. The minimum absolute atomic E-state index is 0.0728. The highest BCUT2D eigenvalue weighted by atomic mass is 16.5. The Morgan fingerprint density at radius 3 is 1.25 bits per heavy atom. The molecule has 0 spiro atoms. The summed E-state index contributed by atoms with van der Waals surface area (Å²) in [6.45, 7) is 8.38. The second-order valence-electron chi connectivity index (χ2n) is 11.0. The minimum Gasteiger partial charge on any atom is -0.496 e. The zero-order valence-electron chi connectivity index (χ0n) is 24.6. The van der Waals surface area contributed by atoms with Crippen LogP contribution in [0.25, 0.3) is 32.7 Å². The molecule has 40 heavy (non-hydrogen) atoms. The van der Waals surface area contributed by atoms with Gasteiger partial charge in [0.15, 0.2) is 0 Å². The fourth-order valence-corrected chi connectivity index (χ4v) is 7.03. The van der Waals surface area contributed by atoms with Gasteiger partial charge in [-0.05, 0) is 63.1 Å². The third-order valence-electron chi connectivity index (χ3n) is 8.52. The molecule has 0 N–H and O–H groups in total. The van der Waals surface area contributed by atoms with Crippen LogP contribution in [0, 0.1) is 0 Å². The molecule has 2 aliphatic rings. The van der Waals surface area contributed by atoms with Crippen LogP contribution in [0.2, 0.25) is 0 Å². The highest BCUT2D eigenvalue weighted by Crippen LogP contribution is 2.50. The molecule has 0 saturated carbocycles. The molecule has 6 heteroatoms. The summed E-state index contributed by atoms with van der Waals surface area (Å²) in [7, 11) is 6.97. The summed E-state index contributed by atoms with van der Waals surface area (Å²) in [5.74, 6) is 3.51. The standard InChI is InChI=1S/C34H38O6/c1-17-13-27-29(19(3)39-17)33(37-7)23-11-9-21(15-25(23)31(27)35-5)22-10-12-24-26(16-22)32(36-6)28-14-18(2)40-20(4)30(28)34(24)38-8/h9-12,15-20H,13-14H2,1-8H3/t17-,18-,19-,20-/m0/s1. The van der Waals surface area contributed by atoms with Gasteiger partial charge in [0.25, 0.3) is 0 Å². The lowest BCUT2D eigenvalue weighted by atomic mass is 9.87. The van der Waals surface area contributed by atoms with Crippen LogP contribution in [0.5, 0.6) is 23.0 Å². The highest BCUT2D eigenvalue weighted by Gasteiger charge is 2.32. The molecule has 0 aromatic heterocycles. The van der Waals surface area contributed by atoms with E-state index in [9.17, 15) is 0 Å². The van der Waals surface area contributed by atoms with Crippen LogP contribution in [0.15, 0.2) is 36.4 Å². The molecule has 0 aliphatic carbocycles. The molecule has 6 rings (SSSR count). The van der Waals surface area contributed by atoms with Crippen molar-refractivity contribution < 1.29 is 28.4 Å². The Bertz CT molecular complexity index is 1500. The second-order valence-corrected chi connectivity index (χ2v) is 11.0. The van der Waals surface area contributed by atoms with Gasteiger partial charge in [-0.15, -0.1) is 0 Å². The fraction of sp³-hybridized carbons (Fsp3) is 0.412.